The van der Waals surface area contributed by atoms with E-state index in [1.807, 2.05) is 43.3 Å². The van der Waals surface area contributed by atoms with Gasteiger partial charge in [-0.25, -0.2) is 10.8 Å². The van der Waals surface area contributed by atoms with E-state index in [4.69, 9.17) is 15.3 Å². The number of nitrogens with one attached hydrogen (secondary N) is 1. The highest BCUT2D eigenvalue weighted by Crippen LogP contribution is 2.20. The van der Waals surface area contributed by atoms with Gasteiger partial charge >= 0.3 is 0 Å². The Morgan fingerprint density at radius 3 is 2.58 bits per heavy atom. The fourth-order valence-electron chi connectivity index (χ4n) is 1.62. The molecule has 0 fully saturated rings. The fourth-order valence-corrected chi connectivity index (χ4v) is 1.62. The second-order valence-corrected chi connectivity index (χ2v) is 3.86. The Morgan fingerprint density at radius 2 is 1.84 bits per heavy atom. The van der Waals surface area contributed by atoms with Gasteiger partial charge in [-0.1, -0.05) is 12.1 Å². The lowest BCUT2D eigenvalue weighted by molar-refractivity contribution is 0.295. The van der Waals surface area contributed by atoms with E-state index < -0.39 is 0 Å². The van der Waals surface area contributed by atoms with Crippen LogP contribution in [0.15, 0.2) is 42.5 Å². The number of hydrogen-bond acceptors (Lipinski definition) is 5. The normalized spacial score (nSPS) is 10.0. The van der Waals surface area contributed by atoms with Gasteiger partial charge in [0.05, 0.1) is 12.3 Å². The topological polar surface area (TPSA) is 69.4 Å². The molecule has 0 amide bonds. The Bertz CT molecular complexity index is 532. The largest absolute Gasteiger partial charge is 0.494 e. The van der Waals surface area contributed by atoms with Gasteiger partial charge in [0.15, 0.2) is 0 Å². The first-order valence-corrected chi connectivity index (χ1v) is 6.10. The standard InChI is InChI=1S/C14H17N3O2/c1-2-18-12-6-4-7-13(9-12)19-10-11-5-3-8-14(16-11)17-15/h3-9H,2,10,15H2,1H3,(H,16,17). The number of rotatable bonds is 6. The lowest BCUT2D eigenvalue weighted by atomic mass is 10.3. The molecule has 3 N–H and O–H groups in total. The van der Waals surface area contributed by atoms with Crippen molar-refractivity contribution in [1.29, 1.82) is 0 Å². The van der Waals surface area contributed by atoms with Crippen LogP contribution in [0.25, 0.3) is 0 Å². The summed E-state index contributed by atoms with van der Waals surface area (Å²) in [6, 6.07) is 13.1. The minimum absolute atomic E-state index is 0.380. The third kappa shape index (κ3) is 3.86. The number of nitrogens with zero attached hydrogens (tertiary/aromatic N) is 1. The number of hydrogen-bond donors (Lipinski definition) is 2. The van der Waals surface area contributed by atoms with E-state index in [9.17, 15) is 0 Å². The average molecular weight is 259 g/mol. The molecule has 2 aromatic rings. The van der Waals surface area contributed by atoms with E-state index in [0.29, 0.717) is 19.0 Å². The van der Waals surface area contributed by atoms with Crippen LogP contribution in [0.3, 0.4) is 0 Å². The zero-order chi connectivity index (χ0) is 13.5. The monoisotopic (exact) mass is 259 g/mol. The zero-order valence-corrected chi connectivity index (χ0v) is 10.8. The first kappa shape index (κ1) is 13.2. The number of nitrogen functional groups attached to an aromatic ring is 1. The molecule has 0 atom stereocenters. The molecule has 0 bridgehead atoms. The number of hydrazine groups is 1. The summed E-state index contributed by atoms with van der Waals surface area (Å²) in [5, 5.41) is 0. The van der Waals surface area contributed by atoms with E-state index >= 15 is 0 Å². The van der Waals surface area contributed by atoms with Crippen LogP contribution >= 0.6 is 0 Å². The predicted octanol–water partition coefficient (Wildman–Crippen LogP) is 2.34. The van der Waals surface area contributed by atoms with E-state index in [1.165, 1.54) is 0 Å². The first-order valence-electron chi connectivity index (χ1n) is 6.10. The summed E-state index contributed by atoms with van der Waals surface area (Å²) >= 11 is 0. The Kier molecular flexibility index (Phi) is 4.58. The molecule has 100 valence electrons. The van der Waals surface area contributed by atoms with Gasteiger partial charge in [-0.15, -0.1) is 0 Å². The average Bonchev–Trinajstić information content (AvgIpc) is 2.46. The maximum atomic E-state index is 5.67. The van der Waals surface area contributed by atoms with Gasteiger partial charge in [-0.2, -0.15) is 0 Å². The Balaban J connectivity index is 1.99. The Labute approximate surface area is 112 Å². The van der Waals surface area contributed by atoms with E-state index in [1.54, 1.807) is 6.07 Å². The molecule has 0 aliphatic carbocycles. The Hall–Kier alpha value is -2.27. The van der Waals surface area contributed by atoms with Crippen molar-refractivity contribution in [2.45, 2.75) is 13.5 Å². The number of nitrogens with two attached hydrogens (primary N) is 1. The molecule has 1 aromatic heterocycles. The van der Waals surface area contributed by atoms with Crippen molar-refractivity contribution in [2.75, 3.05) is 12.0 Å². The van der Waals surface area contributed by atoms with Gasteiger partial charge in [0.1, 0.15) is 23.9 Å². The van der Waals surface area contributed by atoms with Gasteiger partial charge in [0.2, 0.25) is 0 Å². The summed E-state index contributed by atoms with van der Waals surface area (Å²) in [6.07, 6.45) is 0. The predicted molar refractivity (Wildman–Crippen MR) is 74.0 cm³/mol. The second-order valence-electron chi connectivity index (χ2n) is 3.86. The molecule has 5 heteroatoms. The summed E-state index contributed by atoms with van der Waals surface area (Å²) in [4.78, 5) is 4.27. The van der Waals surface area contributed by atoms with Crippen molar-refractivity contribution in [3.63, 3.8) is 0 Å². The molecule has 2 rings (SSSR count). The Morgan fingerprint density at radius 1 is 1.11 bits per heavy atom. The SMILES string of the molecule is CCOc1cccc(OCc2cccc(NN)n2)c1. The molecule has 0 aliphatic rings. The summed E-state index contributed by atoms with van der Waals surface area (Å²) < 4.78 is 11.1. The molecule has 1 aromatic carbocycles. The van der Waals surface area contributed by atoms with Gasteiger partial charge in [0.25, 0.3) is 0 Å². The number of aromatic nitrogens is 1. The molecule has 0 unspecified atom stereocenters. The molecule has 0 radical (unpaired) electrons. The molecular formula is C14H17N3O2. The van der Waals surface area contributed by atoms with Crippen molar-refractivity contribution in [3.8, 4) is 11.5 Å². The van der Waals surface area contributed by atoms with E-state index in [2.05, 4.69) is 10.4 Å². The molecule has 0 saturated heterocycles. The van der Waals surface area contributed by atoms with E-state index in [0.717, 1.165) is 17.2 Å². The lowest BCUT2D eigenvalue weighted by Gasteiger charge is -2.09. The van der Waals surface area contributed by atoms with Crippen molar-refractivity contribution in [3.05, 3.63) is 48.2 Å². The molecular weight excluding hydrogens is 242 g/mol. The first-order chi connectivity index (χ1) is 9.31. The summed E-state index contributed by atoms with van der Waals surface area (Å²) in [7, 11) is 0. The fraction of sp³-hybridized carbons (Fsp3) is 0.214. The van der Waals surface area contributed by atoms with Gasteiger partial charge in [-0.3, -0.25) is 0 Å². The van der Waals surface area contributed by atoms with Crippen LogP contribution in [0, 0.1) is 0 Å². The van der Waals surface area contributed by atoms with Crippen LogP contribution in [0.1, 0.15) is 12.6 Å². The summed E-state index contributed by atoms with van der Waals surface area (Å²) in [5.41, 5.74) is 3.31. The molecule has 1 heterocycles. The van der Waals surface area contributed by atoms with Gasteiger partial charge in [-0.05, 0) is 31.2 Å². The van der Waals surface area contributed by atoms with Crippen LogP contribution in [0.2, 0.25) is 0 Å². The van der Waals surface area contributed by atoms with Crippen LogP contribution in [-0.4, -0.2) is 11.6 Å². The van der Waals surface area contributed by atoms with Gasteiger partial charge < -0.3 is 14.9 Å². The minimum Gasteiger partial charge on any atom is -0.494 e. The van der Waals surface area contributed by atoms with Crippen LogP contribution < -0.4 is 20.7 Å². The number of ether oxygens (including phenoxy) is 2. The summed E-state index contributed by atoms with van der Waals surface area (Å²) in [5.74, 6) is 7.47. The van der Waals surface area contributed by atoms with Crippen LogP contribution in [0.5, 0.6) is 11.5 Å². The number of pyridine rings is 1. The highest BCUT2D eigenvalue weighted by Gasteiger charge is 2.00. The third-order valence-electron chi connectivity index (χ3n) is 2.46. The van der Waals surface area contributed by atoms with Crippen molar-refractivity contribution >= 4 is 5.82 Å². The maximum absolute atomic E-state index is 5.67. The molecule has 0 aliphatic heterocycles. The molecule has 0 saturated carbocycles. The minimum atomic E-state index is 0.380. The number of anilines is 1. The van der Waals surface area contributed by atoms with Crippen molar-refractivity contribution in [2.24, 2.45) is 5.84 Å². The highest BCUT2D eigenvalue weighted by molar-refractivity contribution is 5.34. The van der Waals surface area contributed by atoms with E-state index in [-0.39, 0.29) is 0 Å². The van der Waals surface area contributed by atoms with Gasteiger partial charge in [0, 0.05) is 6.07 Å². The molecule has 5 nitrogen and oxygen atoms in total. The quantitative estimate of drug-likeness (QED) is 0.615. The second kappa shape index (κ2) is 6.61. The zero-order valence-electron chi connectivity index (χ0n) is 10.8. The smallest absolute Gasteiger partial charge is 0.140 e. The third-order valence-corrected chi connectivity index (χ3v) is 2.46. The molecule has 0 spiro atoms. The molecule has 19 heavy (non-hydrogen) atoms. The van der Waals surface area contributed by atoms with Crippen molar-refractivity contribution < 1.29 is 9.47 Å². The lowest BCUT2D eigenvalue weighted by Crippen LogP contribution is -2.09. The summed E-state index contributed by atoms with van der Waals surface area (Å²) in [6.45, 7) is 2.96. The maximum Gasteiger partial charge on any atom is 0.140 e. The van der Waals surface area contributed by atoms with Crippen LogP contribution in [0.4, 0.5) is 5.82 Å². The van der Waals surface area contributed by atoms with Crippen LogP contribution in [-0.2, 0) is 6.61 Å². The van der Waals surface area contributed by atoms with Crippen molar-refractivity contribution in [1.82, 2.24) is 4.98 Å². The highest BCUT2D eigenvalue weighted by atomic mass is 16.5. The number of benzene rings is 1.